The van der Waals surface area contributed by atoms with E-state index >= 15 is 0 Å². The van der Waals surface area contributed by atoms with Gasteiger partial charge >= 0.3 is 0 Å². The molecule has 8 heteroatoms. The van der Waals surface area contributed by atoms with Gasteiger partial charge in [-0.05, 0) is 6.42 Å². The second kappa shape index (κ2) is 5.12. The first kappa shape index (κ1) is 12.8. The molecule has 0 aromatic carbocycles. The number of hydrogen-bond donors (Lipinski definition) is 2. The smallest absolute Gasteiger partial charge is 0.224 e. The first-order valence-corrected chi connectivity index (χ1v) is 7.34. The van der Waals surface area contributed by atoms with Crippen molar-refractivity contribution in [3.05, 3.63) is 6.33 Å². The fourth-order valence-electron chi connectivity index (χ4n) is 3.24. The van der Waals surface area contributed by atoms with Crippen molar-refractivity contribution in [2.24, 2.45) is 0 Å². The van der Waals surface area contributed by atoms with Crippen LogP contribution in [0.1, 0.15) is 6.42 Å². The first-order chi connectivity index (χ1) is 10.3. The molecule has 4 rings (SSSR count). The summed E-state index contributed by atoms with van der Waals surface area (Å²) in [4.78, 5) is 20.6. The predicted molar refractivity (Wildman–Crippen MR) is 79.1 cm³/mol. The van der Waals surface area contributed by atoms with Gasteiger partial charge in [-0.25, -0.2) is 4.98 Å². The molecule has 0 bridgehead atoms. The Hall–Kier alpha value is -1.93. The zero-order valence-electron chi connectivity index (χ0n) is 11.8. The van der Waals surface area contributed by atoms with Gasteiger partial charge in [0.05, 0.1) is 19.5 Å². The standard InChI is InChI=1S/C13H19N7O/c14-13-17-11-10(15-8-16-11)12(18-13)20-2-1-9(7-20)19-3-5-21-6-4-19/h8-9H,1-7H2,(H3,14,15,16,17,18). The number of nitrogens with two attached hydrogens (primary N) is 1. The minimum Gasteiger partial charge on any atom is -0.379 e. The number of aromatic amines is 1. The van der Waals surface area contributed by atoms with Crippen molar-refractivity contribution in [2.75, 3.05) is 50.0 Å². The maximum absolute atomic E-state index is 5.80. The molecule has 0 amide bonds. The van der Waals surface area contributed by atoms with Crippen LogP contribution in [0.3, 0.4) is 0 Å². The Morgan fingerprint density at radius 1 is 1.24 bits per heavy atom. The average molecular weight is 289 g/mol. The molecule has 2 aliphatic heterocycles. The SMILES string of the molecule is Nc1nc(N2CCC(N3CCOCC3)C2)c2[nH]cnc2n1. The number of nitrogens with zero attached hydrogens (tertiary/aromatic N) is 5. The second-order valence-electron chi connectivity index (χ2n) is 5.54. The third-order valence-electron chi connectivity index (χ3n) is 4.31. The highest BCUT2D eigenvalue weighted by Gasteiger charge is 2.30. The Balaban J connectivity index is 1.57. The fourth-order valence-corrected chi connectivity index (χ4v) is 3.24. The molecule has 0 spiro atoms. The summed E-state index contributed by atoms with van der Waals surface area (Å²) in [5, 5.41) is 0. The summed E-state index contributed by atoms with van der Waals surface area (Å²) in [5.41, 5.74) is 7.30. The van der Waals surface area contributed by atoms with Crippen LogP contribution < -0.4 is 10.6 Å². The molecule has 2 aromatic rings. The van der Waals surface area contributed by atoms with E-state index in [1.54, 1.807) is 6.33 Å². The Bertz CT molecular complexity index is 636. The summed E-state index contributed by atoms with van der Waals surface area (Å²) in [6, 6.07) is 0.558. The predicted octanol–water partition coefficient (Wildman–Crippen LogP) is -0.154. The molecule has 0 radical (unpaired) electrons. The molecular formula is C13H19N7O. The normalized spacial score (nSPS) is 24.0. The summed E-state index contributed by atoms with van der Waals surface area (Å²) >= 11 is 0. The Morgan fingerprint density at radius 3 is 2.95 bits per heavy atom. The van der Waals surface area contributed by atoms with E-state index in [4.69, 9.17) is 10.5 Å². The van der Waals surface area contributed by atoms with E-state index in [2.05, 4.69) is 29.7 Å². The monoisotopic (exact) mass is 289 g/mol. The highest BCUT2D eigenvalue weighted by molar-refractivity contribution is 5.84. The highest BCUT2D eigenvalue weighted by Crippen LogP contribution is 2.27. The number of H-pyrrole nitrogens is 1. The van der Waals surface area contributed by atoms with Crippen molar-refractivity contribution in [3.8, 4) is 0 Å². The lowest BCUT2D eigenvalue weighted by molar-refractivity contribution is 0.0209. The van der Waals surface area contributed by atoms with Gasteiger partial charge in [-0.15, -0.1) is 0 Å². The lowest BCUT2D eigenvalue weighted by atomic mass is 10.2. The number of fused-ring (bicyclic) bond motifs is 1. The van der Waals surface area contributed by atoms with Gasteiger partial charge in [0.1, 0.15) is 5.52 Å². The summed E-state index contributed by atoms with van der Waals surface area (Å²) < 4.78 is 5.43. The lowest BCUT2D eigenvalue weighted by Gasteiger charge is -2.32. The van der Waals surface area contributed by atoms with Gasteiger partial charge < -0.3 is 20.4 Å². The minimum absolute atomic E-state index is 0.277. The molecule has 0 aliphatic carbocycles. The van der Waals surface area contributed by atoms with E-state index in [1.165, 1.54) is 0 Å². The first-order valence-electron chi connectivity index (χ1n) is 7.34. The van der Waals surface area contributed by atoms with Crippen molar-refractivity contribution < 1.29 is 4.74 Å². The third-order valence-corrected chi connectivity index (χ3v) is 4.31. The largest absolute Gasteiger partial charge is 0.379 e. The molecule has 112 valence electrons. The number of morpholine rings is 1. The molecular weight excluding hydrogens is 270 g/mol. The van der Waals surface area contributed by atoms with Crippen LogP contribution in [0.15, 0.2) is 6.33 Å². The van der Waals surface area contributed by atoms with Crippen molar-refractivity contribution in [2.45, 2.75) is 12.5 Å². The lowest BCUT2D eigenvalue weighted by Crippen LogP contribution is -2.44. The van der Waals surface area contributed by atoms with E-state index in [1.807, 2.05) is 0 Å². The van der Waals surface area contributed by atoms with Crippen LogP contribution >= 0.6 is 0 Å². The van der Waals surface area contributed by atoms with Crippen molar-refractivity contribution in [1.29, 1.82) is 0 Å². The van der Waals surface area contributed by atoms with Crippen LogP contribution in [-0.4, -0.2) is 70.3 Å². The molecule has 2 aromatic heterocycles. The Kier molecular flexibility index (Phi) is 3.12. The molecule has 21 heavy (non-hydrogen) atoms. The summed E-state index contributed by atoms with van der Waals surface area (Å²) in [7, 11) is 0. The minimum atomic E-state index is 0.277. The van der Waals surface area contributed by atoms with Crippen LogP contribution in [0.4, 0.5) is 11.8 Å². The average Bonchev–Trinajstić information content (AvgIpc) is 3.16. The van der Waals surface area contributed by atoms with Gasteiger partial charge in [0, 0.05) is 32.2 Å². The van der Waals surface area contributed by atoms with Crippen LogP contribution in [0.2, 0.25) is 0 Å². The number of hydrogen-bond acceptors (Lipinski definition) is 7. The van der Waals surface area contributed by atoms with Crippen LogP contribution in [0.5, 0.6) is 0 Å². The molecule has 0 saturated carbocycles. The molecule has 2 saturated heterocycles. The van der Waals surface area contributed by atoms with Crippen molar-refractivity contribution in [1.82, 2.24) is 24.8 Å². The number of nitrogens with one attached hydrogen (secondary N) is 1. The van der Waals surface area contributed by atoms with E-state index in [0.717, 1.165) is 57.1 Å². The van der Waals surface area contributed by atoms with E-state index < -0.39 is 0 Å². The zero-order chi connectivity index (χ0) is 14.2. The maximum Gasteiger partial charge on any atom is 0.224 e. The molecule has 3 N–H and O–H groups in total. The van der Waals surface area contributed by atoms with Gasteiger partial charge in [-0.2, -0.15) is 9.97 Å². The van der Waals surface area contributed by atoms with Crippen LogP contribution in [0, 0.1) is 0 Å². The third kappa shape index (κ3) is 2.30. The number of imidazole rings is 1. The van der Waals surface area contributed by atoms with Crippen LogP contribution in [-0.2, 0) is 4.74 Å². The molecule has 1 atom stereocenters. The second-order valence-corrected chi connectivity index (χ2v) is 5.54. The van der Waals surface area contributed by atoms with E-state index in [-0.39, 0.29) is 5.95 Å². The number of aromatic nitrogens is 4. The van der Waals surface area contributed by atoms with Crippen molar-refractivity contribution >= 4 is 22.9 Å². The van der Waals surface area contributed by atoms with Crippen LogP contribution in [0.25, 0.3) is 11.2 Å². The highest BCUT2D eigenvalue weighted by atomic mass is 16.5. The van der Waals surface area contributed by atoms with Gasteiger partial charge in [-0.1, -0.05) is 0 Å². The number of ether oxygens (including phenoxy) is 1. The fraction of sp³-hybridized carbons (Fsp3) is 0.615. The quantitative estimate of drug-likeness (QED) is 0.793. The van der Waals surface area contributed by atoms with Gasteiger partial charge in [0.2, 0.25) is 5.95 Å². The van der Waals surface area contributed by atoms with Gasteiger partial charge in [0.15, 0.2) is 11.5 Å². The molecule has 8 nitrogen and oxygen atoms in total. The summed E-state index contributed by atoms with van der Waals surface area (Å²) in [6.45, 7) is 5.65. The van der Waals surface area contributed by atoms with Gasteiger partial charge in [0.25, 0.3) is 0 Å². The Labute approximate surface area is 122 Å². The molecule has 1 unspecified atom stereocenters. The zero-order valence-corrected chi connectivity index (χ0v) is 11.8. The number of nitrogen functional groups attached to an aromatic ring is 1. The van der Waals surface area contributed by atoms with E-state index in [0.29, 0.717) is 11.7 Å². The van der Waals surface area contributed by atoms with Gasteiger partial charge in [-0.3, -0.25) is 4.90 Å². The number of rotatable bonds is 2. The Morgan fingerprint density at radius 2 is 2.10 bits per heavy atom. The van der Waals surface area contributed by atoms with E-state index in [9.17, 15) is 0 Å². The summed E-state index contributed by atoms with van der Waals surface area (Å²) in [6.07, 6.45) is 2.78. The molecule has 4 heterocycles. The number of anilines is 2. The summed E-state index contributed by atoms with van der Waals surface area (Å²) in [5.74, 6) is 1.14. The maximum atomic E-state index is 5.80. The van der Waals surface area contributed by atoms with Crippen molar-refractivity contribution in [3.63, 3.8) is 0 Å². The topological polar surface area (TPSA) is 96.2 Å². The molecule has 2 fully saturated rings. The molecule has 2 aliphatic rings.